The first-order chi connectivity index (χ1) is 8.86. The van der Waals surface area contributed by atoms with Gasteiger partial charge in [-0.3, -0.25) is 0 Å². The monoisotopic (exact) mass is 278 g/mol. The number of aromatic nitrogens is 1. The lowest BCUT2D eigenvalue weighted by Crippen LogP contribution is -2.24. The Kier molecular flexibility index (Phi) is 3.77. The average molecular weight is 278 g/mol. The van der Waals surface area contributed by atoms with Crippen LogP contribution in [0.15, 0.2) is 17.5 Å². The lowest BCUT2D eigenvalue weighted by molar-refractivity contribution is 0.465. The van der Waals surface area contributed by atoms with Gasteiger partial charge in [0.15, 0.2) is 0 Å². The van der Waals surface area contributed by atoms with Gasteiger partial charge in [0.1, 0.15) is 0 Å². The highest BCUT2D eigenvalue weighted by atomic mass is 32.1. The molecule has 1 unspecified atom stereocenters. The highest BCUT2D eigenvalue weighted by Crippen LogP contribution is 2.34. The molecule has 0 bridgehead atoms. The molecular formula is C14H18N2S2. The van der Waals surface area contributed by atoms with Crippen molar-refractivity contribution in [3.8, 4) is 0 Å². The molecule has 1 N–H and O–H groups in total. The summed E-state index contributed by atoms with van der Waals surface area (Å²) in [5, 5.41) is 6.99. The van der Waals surface area contributed by atoms with Crippen LogP contribution in [-0.2, 0) is 12.8 Å². The summed E-state index contributed by atoms with van der Waals surface area (Å²) in [6.45, 7) is 3.20. The summed E-state index contributed by atoms with van der Waals surface area (Å²) in [4.78, 5) is 7.82. The Bertz CT molecular complexity index is 502. The summed E-state index contributed by atoms with van der Waals surface area (Å²) in [5.74, 6) is 0. The SMILES string of the molecule is CCNC1CCCc2sc(Cc3cccs3)nc21. The Hall–Kier alpha value is -0.710. The molecule has 0 aromatic carbocycles. The second-order valence-electron chi connectivity index (χ2n) is 4.67. The van der Waals surface area contributed by atoms with Gasteiger partial charge in [-0.25, -0.2) is 4.98 Å². The van der Waals surface area contributed by atoms with E-state index < -0.39 is 0 Å². The van der Waals surface area contributed by atoms with Crippen molar-refractivity contribution in [1.29, 1.82) is 0 Å². The van der Waals surface area contributed by atoms with Gasteiger partial charge in [-0.05, 0) is 37.3 Å². The first-order valence-corrected chi connectivity index (χ1v) is 8.30. The summed E-state index contributed by atoms with van der Waals surface area (Å²) < 4.78 is 0. The number of nitrogens with one attached hydrogen (secondary N) is 1. The standard InChI is InChI=1S/C14H18N2S2/c1-2-15-11-6-3-7-12-14(11)16-13(18-12)9-10-5-4-8-17-10/h4-5,8,11,15H,2-3,6-7,9H2,1H3. The first kappa shape index (κ1) is 12.3. The van der Waals surface area contributed by atoms with E-state index in [1.165, 1.54) is 39.7 Å². The van der Waals surface area contributed by atoms with E-state index in [1.54, 1.807) is 0 Å². The predicted molar refractivity (Wildman–Crippen MR) is 78.6 cm³/mol. The Morgan fingerprint density at radius 1 is 1.50 bits per heavy atom. The van der Waals surface area contributed by atoms with Crippen LogP contribution in [0, 0.1) is 0 Å². The van der Waals surface area contributed by atoms with Crippen molar-refractivity contribution in [3.05, 3.63) is 38.0 Å². The first-order valence-electron chi connectivity index (χ1n) is 6.61. The maximum Gasteiger partial charge on any atom is 0.0983 e. The molecule has 1 aliphatic carbocycles. The smallest absolute Gasteiger partial charge is 0.0983 e. The molecule has 0 aliphatic heterocycles. The molecule has 2 heterocycles. The number of thiazole rings is 1. The maximum absolute atomic E-state index is 4.89. The lowest BCUT2D eigenvalue weighted by Gasteiger charge is -2.21. The van der Waals surface area contributed by atoms with Gasteiger partial charge in [0, 0.05) is 16.2 Å². The van der Waals surface area contributed by atoms with Crippen LogP contribution in [-0.4, -0.2) is 11.5 Å². The van der Waals surface area contributed by atoms with Gasteiger partial charge in [0.25, 0.3) is 0 Å². The fourth-order valence-electron chi connectivity index (χ4n) is 2.55. The van der Waals surface area contributed by atoms with Crippen molar-refractivity contribution in [1.82, 2.24) is 10.3 Å². The van der Waals surface area contributed by atoms with Crippen LogP contribution in [0.5, 0.6) is 0 Å². The van der Waals surface area contributed by atoms with Gasteiger partial charge < -0.3 is 5.32 Å². The summed E-state index contributed by atoms with van der Waals surface area (Å²) in [6, 6.07) is 4.81. The molecule has 4 heteroatoms. The molecule has 0 saturated carbocycles. The van der Waals surface area contributed by atoms with Crippen molar-refractivity contribution in [2.75, 3.05) is 6.54 Å². The summed E-state index contributed by atoms with van der Waals surface area (Å²) in [6.07, 6.45) is 4.77. The molecule has 1 atom stereocenters. The van der Waals surface area contributed by atoms with Gasteiger partial charge in [-0.1, -0.05) is 13.0 Å². The summed E-state index contributed by atoms with van der Waals surface area (Å²) in [5.41, 5.74) is 1.33. The van der Waals surface area contributed by atoms with Gasteiger partial charge in [-0.2, -0.15) is 0 Å². The Balaban J connectivity index is 1.82. The second kappa shape index (κ2) is 5.51. The van der Waals surface area contributed by atoms with E-state index in [2.05, 4.69) is 29.8 Å². The van der Waals surface area contributed by atoms with Crippen LogP contribution in [0.3, 0.4) is 0 Å². The van der Waals surface area contributed by atoms with Crippen LogP contribution in [0.4, 0.5) is 0 Å². The maximum atomic E-state index is 4.89. The van der Waals surface area contributed by atoms with Gasteiger partial charge in [0.2, 0.25) is 0 Å². The van der Waals surface area contributed by atoms with Crippen molar-refractivity contribution < 1.29 is 0 Å². The quantitative estimate of drug-likeness (QED) is 0.920. The Morgan fingerprint density at radius 2 is 2.44 bits per heavy atom. The number of fused-ring (bicyclic) bond motifs is 1. The molecular weight excluding hydrogens is 260 g/mol. The molecule has 2 nitrogen and oxygen atoms in total. The highest BCUT2D eigenvalue weighted by Gasteiger charge is 2.23. The number of hydrogen-bond donors (Lipinski definition) is 1. The van der Waals surface area contributed by atoms with Crippen molar-refractivity contribution in [2.45, 2.75) is 38.6 Å². The molecule has 2 aromatic rings. The van der Waals surface area contributed by atoms with E-state index >= 15 is 0 Å². The molecule has 0 amide bonds. The zero-order valence-corrected chi connectivity index (χ0v) is 12.2. The van der Waals surface area contributed by atoms with E-state index in [0.717, 1.165) is 13.0 Å². The largest absolute Gasteiger partial charge is 0.309 e. The molecule has 0 radical (unpaired) electrons. The lowest BCUT2D eigenvalue weighted by atomic mass is 9.98. The third kappa shape index (κ3) is 2.51. The van der Waals surface area contributed by atoms with E-state index in [4.69, 9.17) is 4.98 Å². The van der Waals surface area contributed by atoms with Crippen LogP contribution >= 0.6 is 22.7 Å². The molecule has 0 fully saturated rings. The van der Waals surface area contributed by atoms with Crippen LogP contribution in [0.2, 0.25) is 0 Å². The normalized spacial score (nSPS) is 18.8. The average Bonchev–Trinajstić information content (AvgIpc) is 2.99. The summed E-state index contributed by atoms with van der Waals surface area (Å²) in [7, 11) is 0. The van der Waals surface area contributed by atoms with E-state index in [1.807, 2.05) is 22.7 Å². The number of nitrogens with zero attached hydrogens (tertiary/aromatic N) is 1. The Morgan fingerprint density at radius 3 is 3.22 bits per heavy atom. The Labute approximate surface area is 116 Å². The molecule has 96 valence electrons. The zero-order chi connectivity index (χ0) is 12.4. The molecule has 0 spiro atoms. The van der Waals surface area contributed by atoms with Gasteiger partial charge in [-0.15, -0.1) is 22.7 Å². The highest BCUT2D eigenvalue weighted by molar-refractivity contribution is 7.12. The minimum atomic E-state index is 0.493. The second-order valence-corrected chi connectivity index (χ2v) is 6.88. The number of aryl methyl sites for hydroxylation is 1. The van der Waals surface area contributed by atoms with Crippen molar-refractivity contribution in [2.24, 2.45) is 0 Å². The molecule has 2 aromatic heterocycles. The topological polar surface area (TPSA) is 24.9 Å². The number of thiophene rings is 1. The molecule has 3 rings (SSSR count). The number of rotatable bonds is 4. The minimum Gasteiger partial charge on any atom is -0.309 e. The van der Waals surface area contributed by atoms with Crippen molar-refractivity contribution >= 4 is 22.7 Å². The summed E-state index contributed by atoms with van der Waals surface area (Å²) >= 11 is 3.74. The van der Waals surface area contributed by atoms with Gasteiger partial charge in [0.05, 0.1) is 16.7 Å². The fraction of sp³-hybridized carbons (Fsp3) is 0.500. The van der Waals surface area contributed by atoms with Crippen LogP contribution < -0.4 is 5.32 Å². The number of hydrogen-bond acceptors (Lipinski definition) is 4. The van der Waals surface area contributed by atoms with E-state index in [-0.39, 0.29) is 0 Å². The zero-order valence-electron chi connectivity index (χ0n) is 10.6. The van der Waals surface area contributed by atoms with Crippen LogP contribution in [0.1, 0.15) is 46.3 Å². The third-order valence-corrected chi connectivity index (χ3v) is 5.36. The van der Waals surface area contributed by atoms with Gasteiger partial charge >= 0.3 is 0 Å². The van der Waals surface area contributed by atoms with Crippen molar-refractivity contribution in [3.63, 3.8) is 0 Å². The third-order valence-electron chi connectivity index (χ3n) is 3.35. The molecule has 0 saturated heterocycles. The predicted octanol–water partition coefficient (Wildman–Crippen LogP) is 3.78. The van der Waals surface area contributed by atoms with E-state index in [0.29, 0.717) is 6.04 Å². The molecule has 18 heavy (non-hydrogen) atoms. The van der Waals surface area contributed by atoms with Crippen LogP contribution in [0.25, 0.3) is 0 Å². The minimum absolute atomic E-state index is 0.493. The van der Waals surface area contributed by atoms with E-state index in [9.17, 15) is 0 Å². The molecule has 1 aliphatic rings. The fourth-order valence-corrected chi connectivity index (χ4v) is 4.55.